The van der Waals surface area contributed by atoms with Gasteiger partial charge >= 0.3 is 0 Å². The fraction of sp³-hybridized carbons (Fsp3) is 0.538. The zero-order valence-corrected chi connectivity index (χ0v) is 11.3. The van der Waals surface area contributed by atoms with Gasteiger partial charge in [-0.25, -0.2) is 0 Å². The monoisotopic (exact) mass is 248 g/mol. The number of nitrogens with one attached hydrogen (secondary N) is 1. The van der Waals surface area contributed by atoms with E-state index in [4.69, 9.17) is 4.52 Å². The topological polar surface area (TPSA) is 55.9 Å². The quantitative estimate of drug-likeness (QED) is 0.881. The van der Waals surface area contributed by atoms with E-state index in [2.05, 4.69) is 35.6 Å². The van der Waals surface area contributed by atoms with Crippen molar-refractivity contribution in [3.05, 3.63) is 35.5 Å². The standard InChI is InChI=1S/C13H20N4O/c1-9-6-15-17(8-9)12(4)11(3)14-7-13-5-10(2)16-18-13/h5-6,8,11-12,14H,7H2,1-4H3/t11-,12+/m0/s1. The molecule has 98 valence electrons. The van der Waals surface area contributed by atoms with Crippen LogP contribution in [0.4, 0.5) is 0 Å². The van der Waals surface area contributed by atoms with Gasteiger partial charge in [0.1, 0.15) is 0 Å². The molecule has 2 aromatic heterocycles. The third kappa shape index (κ3) is 2.98. The molecule has 1 N–H and O–H groups in total. The highest BCUT2D eigenvalue weighted by molar-refractivity contribution is 5.03. The van der Waals surface area contributed by atoms with Crippen molar-refractivity contribution < 1.29 is 4.52 Å². The van der Waals surface area contributed by atoms with Crippen LogP contribution in [0.3, 0.4) is 0 Å². The molecule has 5 nitrogen and oxygen atoms in total. The van der Waals surface area contributed by atoms with Crippen molar-refractivity contribution in [2.24, 2.45) is 0 Å². The van der Waals surface area contributed by atoms with Crippen molar-refractivity contribution in [3.63, 3.8) is 0 Å². The molecule has 2 aromatic rings. The van der Waals surface area contributed by atoms with Gasteiger partial charge in [0.15, 0.2) is 5.76 Å². The first-order chi connectivity index (χ1) is 8.56. The molecule has 0 aliphatic heterocycles. The Kier molecular flexibility index (Phi) is 3.81. The van der Waals surface area contributed by atoms with Gasteiger partial charge in [-0.05, 0) is 33.3 Å². The van der Waals surface area contributed by atoms with Crippen molar-refractivity contribution in [1.29, 1.82) is 0 Å². The van der Waals surface area contributed by atoms with Crippen molar-refractivity contribution in [3.8, 4) is 0 Å². The Morgan fingerprint density at radius 1 is 1.39 bits per heavy atom. The van der Waals surface area contributed by atoms with Crippen LogP contribution in [0.25, 0.3) is 0 Å². The molecule has 0 amide bonds. The molecule has 5 heteroatoms. The first-order valence-electron chi connectivity index (χ1n) is 6.22. The molecule has 0 aliphatic carbocycles. The molecule has 2 atom stereocenters. The molecule has 0 saturated heterocycles. The van der Waals surface area contributed by atoms with Crippen LogP contribution in [0.5, 0.6) is 0 Å². The molecule has 0 aromatic carbocycles. The SMILES string of the molecule is Cc1cnn([C@H](C)[C@H](C)NCc2cc(C)no2)c1. The predicted octanol–water partition coefficient (Wildman–Crippen LogP) is 2.23. The van der Waals surface area contributed by atoms with Crippen LogP contribution in [0.1, 0.15) is 36.9 Å². The lowest BCUT2D eigenvalue weighted by molar-refractivity contribution is 0.328. The minimum Gasteiger partial charge on any atom is -0.360 e. The Morgan fingerprint density at radius 2 is 2.17 bits per heavy atom. The lowest BCUT2D eigenvalue weighted by atomic mass is 10.1. The van der Waals surface area contributed by atoms with Gasteiger partial charge in [0.2, 0.25) is 0 Å². The maximum absolute atomic E-state index is 5.17. The molecule has 0 bridgehead atoms. The summed E-state index contributed by atoms with van der Waals surface area (Å²) in [4.78, 5) is 0. The summed E-state index contributed by atoms with van der Waals surface area (Å²) in [6, 6.07) is 2.54. The summed E-state index contributed by atoms with van der Waals surface area (Å²) in [6.45, 7) is 8.95. The molecule has 0 fully saturated rings. The van der Waals surface area contributed by atoms with Crippen molar-refractivity contribution in [2.45, 2.75) is 46.3 Å². The minimum absolute atomic E-state index is 0.294. The van der Waals surface area contributed by atoms with E-state index in [1.165, 1.54) is 5.56 Å². The minimum atomic E-state index is 0.294. The molecular formula is C13H20N4O. The highest BCUT2D eigenvalue weighted by atomic mass is 16.5. The molecule has 0 unspecified atom stereocenters. The molecule has 0 spiro atoms. The largest absolute Gasteiger partial charge is 0.360 e. The summed E-state index contributed by atoms with van der Waals surface area (Å²) in [6.07, 6.45) is 3.93. The molecule has 0 saturated carbocycles. The maximum atomic E-state index is 5.17. The average molecular weight is 248 g/mol. The van der Waals surface area contributed by atoms with Gasteiger partial charge in [-0.15, -0.1) is 0 Å². The second-order valence-corrected chi connectivity index (χ2v) is 4.84. The number of aromatic nitrogens is 3. The third-order valence-corrected chi connectivity index (χ3v) is 3.15. The smallest absolute Gasteiger partial charge is 0.150 e. The molecule has 0 radical (unpaired) electrons. The number of rotatable bonds is 5. The van der Waals surface area contributed by atoms with E-state index >= 15 is 0 Å². The fourth-order valence-corrected chi connectivity index (χ4v) is 1.82. The number of hydrogen-bond donors (Lipinski definition) is 1. The van der Waals surface area contributed by atoms with Crippen LogP contribution in [-0.4, -0.2) is 21.0 Å². The first-order valence-corrected chi connectivity index (χ1v) is 6.22. The van der Waals surface area contributed by atoms with Gasteiger partial charge < -0.3 is 9.84 Å². The summed E-state index contributed by atoms with van der Waals surface area (Å²) in [7, 11) is 0. The van der Waals surface area contributed by atoms with Crippen molar-refractivity contribution >= 4 is 0 Å². The van der Waals surface area contributed by atoms with E-state index in [0.29, 0.717) is 18.6 Å². The second-order valence-electron chi connectivity index (χ2n) is 4.84. The lowest BCUT2D eigenvalue weighted by Crippen LogP contribution is -2.33. The van der Waals surface area contributed by atoms with Crippen LogP contribution in [0, 0.1) is 13.8 Å². The van der Waals surface area contributed by atoms with E-state index < -0.39 is 0 Å². The molecule has 18 heavy (non-hydrogen) atoms. The van der Waals surface area contributed by atoms with Gasteiger partial charge in [-0.3, -0.25) is 4.68 Å². The number of aryl methyl sites for hydroxylation is 2. The summed E-state index contributed by atoms with van der Waals surface area (Å²) in [5.74, 6) is 0.864. The van der Waals surface area contributed by atoms with Crippen LogP contribution >= 0.6 is 0 Å². The number of nitrogens with zero attached hydrogens (tertiary/aromatic N) is 3. The zero-order valence-electron chi connectivity index (χ0n) is 11.3. The summed E-state index contributed by atoms with van der Waals surface area (Å²) in [5.41, 5.74) is 2.09. The first kappa shape index (κ1) is 12.8. The van der Waals surface area contributed by atoms with Gasteiger partial charge in [0, 0.05) is 18.3 Å². The van der Waals surface area contributed by atoms with Crippen LogP contribution in [0.2, 0.25) is 0 Å². The highest BCUT2D eigenvalue weighted by Crippen LogP contribution is 2.11. The predicted molar refractivity (Wildman–Crippen MR) is 69.2 cm³/mol. The Balaban J connectivity index is 1.89. The fourth-order valence-electron chi connectivity index (χ4n) is 1.82. The normalized spacial score (nSPS) is 14.7. The highest BCUT2D eigenvalue weighted by Gasteiger charge is 2.14. The molecule has 2 rings (SSSR count). The average Bonchev–Trinajstić information content (AvgIpc) is 2.94. The van der Waals surface area contributed by atoms with Gasteiger partial charge in [0.25, 0.3) is 0 Å². The van der Waals surface area contributed by atoms with E-state index in [-0.39, 0.29) is 0 Å². The van der Waals surface area contributed by atoms with E-state index in [0.717, 1.165) is 11.5 Å². The second kappa shape index (κ2) is 5.35. The Morgan fingerprint density at radius 3 is 2.72 bits per heavy atom. The van der Waals surface area contributed by atoms with Crippen LogP contribution < -0.4 is 5.32 Å². The molecule has 0 aliphatic rings. The van der Waals surface area contributed by atoms with Crippen LogP contribution in [0.15, 0.2) is 23.0 Å². The Hall–Kier alpha value is -1.62. The van der Waals surface area contributed by atoms with Crippen LogP contribution in [-0.2, 0) is 6.54 Å². The Labute approximate surface area is 107 Å². The van der Waals surface area contributed by atoms with Gasteiger partial charge in [-0.2, -0.15) is 5.10 Å². The molecule has 2 heterocycles. The summed E-state index contributed by atoms with van der Waals surface area (Å²) in [5, 5.41) is 11.6. The summed E-state index contributed by atoms with van der Waals surface area (Å²) >= 11 is 0. The number of hydrogen-bond acceptors (Lipinski definition) is 4. The van der Waals surface area contributed by atoms with E-state index in [9.17, 15) is 0 Å². The Bertz CT molecular complexity index is 503. The van der Waals surface area contributed by atoms with Crippen molar-refractivity contribution in [1.82, 2.24) is 20.3 Å². The maximum Gasteiger partial charge on any atom is 0.150 e. The lowest BCUT2D eigenvalue weighted by Gasteiger charge is -2.21. The summed E-state index contributed by atoms with van der Waals surface area (Å²) < 4.78 is 7.15. The third-order valence-electron chi connectivity index (χ3n) is 3.15. The van der Waals surface area contributed by atoms with Gasteiger partial charge in [-0.1, -0.05) is 5.16 Å². The van der Waals surface area contributed by atoms with Gasteiger partial charge in [0.05, 0.1) is 24.5 Å². The molecular weight excluding hydrogens is 228 g/mol. The van der Waals surface area contributed by atoms with E-state index in [1.807, 2.05) is 30.8 Å². The van der Waals surface area contributed by atoms with E-state index in [1.54, 1.807) is 0 Å². The van der Waals surface area contributed by atoms with Crippen molar-refractivity contribution in [2.75, 3.05) is 0 Å². The zero-order chi connectivity index (χ0) is 13.1.